The Hall–Kier alpha value is -1.80. The molecule has 3 heterocycles. The predicted octanol–water partition coefficient (Wildman–Crippen LogP) is 2.86. The molecule has 0 saturated carbocycles. The normalized spacial score (nSPS) is 18.3. The summed E-state index contributed by atoms with van der Waals surface area (Å²) in [5.41, 5.74) is 4.77. The van der Waals surface area contributed by atoms with Crippen molar-refractivity contribution in [1.82, 2.24) is 25.3 Å². The van der Waals surface area contributed by atoms with Gasteiger partial charge in [-0.25, -0.2) is 4.98 Å². The van der Waals surface area contributed by atoms with Crippen LogP contribution in [0.25, 0.3) is 22.7 Å². The van der Waals surface area contributed by atoms with Crippen LogP contribution in [0.5, 0.6) is 0 Å². The van der Waals surface area contributed by atoms with Gasteiger partial charge in [0.25, 0.3) is 5.89 Å². The van der Waals surface area contributed by atoms with E-state index in [1.165, 1.54) is 0 Å². The molecule has 1 aromatic carbocycles. The Morgan fingerprint density at radius 1 is 1.33 bits per heavy atom. The Kier molecular flexibility index (Phi) is 5.25. The average Bonchev–Trinajstić information content (AvgIpc) is 3.27. The maximum atomic E-state index is 5.49. The summed E-state index contributed by atoms with van der Waals surface area (Å²) < 4.78 is 5.49. The van der Waals surface area contributed by atoms with Crippen molar-refractivity contribution in [1.29, 1.82) is 0 Å². The van der Waals surface area contributed by atoms with E-state index in [1.807, 2.05) is 35.2 Å². The number of piperazine rings is 1. The van der Waals surface area contributed by atoms with E-state index in [-0.39, 0.29) is 18.4 Å². The van der Waals surface area contributed by atoms with Gasteiger partial charge in [0.15, 0.2) is 5.82 Å². The van der Waals surface area contributed by atoms with Crippen LogP contribution in [0.4, 0.5) is 0 Å². The van der Waals surface area contributed by atoms with Gasteiger partial charge in [0.1, 0.15) is 0 Å². The Balaban J connectivity index is 0.00000169. The van der Waals surface area contributed by atoms with Gasteiger partial charge in [-0.2, -0.15) is 4.98 Å². The lowest BCUT2D eigenvalue weighted by Gasteiger charge is -2.30. The van der Waals surface area contributed by atoms with Gasteiger partial charge < -0.3 is 9.84 Å². The molecule has 0 amide bonds. The first-order chi connectivity index (χ1) is 11.3. The minimum Gasteiger partial charge on any atom is -0.334 e. The summed E-state index contributed by atoms with van der Waals surface area (Å²) in [7, 11) is 2.09. The van der Waals surface area contributed by atoms with Gasteiger partial charge in [-0.3, -0.25) is 4.90 Å². The van der Waals surface area contributed by atoms with E-state index in [0.717, 1.165) is 42.3 Å². The number of rotatable bonds is 3. The third kappa shape index (κ3) is 3.34. The molecular formula is C16H18ClN5OS. The van der Waals surface area contributed by atoms with Crippen LogP contribution in [0.1, 0.15) is 11.9 Å². The number of aromatic nitrogens is 3. The Morgan fingerprint density at radius 3 is 3.00 bits per heavy atom. The van der Waals surface area contributed by atoms with Gasteiger partial charge in [-0.15, -0.1) is 23.7 Å². The number of hydrogen-bond donors (Lipinski definition) is 1. The van der Waals surface area contributed by atoms with Crippen LogP contribution >= 0.6 is 23.7 Å². The maximum absolute atomic E-state index is 5.49. The molecule has 126 valence electrons. The monoisotopic (exact) mass is 363 g/mol. The Labute approximate surface area is 150 Å². The first-order valence-corrected chi connectivity index (χ1v) is 8.49. The molecule has 0 bridgehead atoms. The zero-order valence-corrected chi connectivity index (χ0v) is 14.8. The Morgan fingerprint density at radius 2 is 2.21 bits per heavy atom. The number of halogens is 1. The van der Waals surface area contributed by atoms with E-state index in [2.05, 4.69) is 32.4 Å². The van der Waals surface area contributed by atoms with E-state index >= 15 is 0 Å². The summed E-state index contributed by atoms with van der Waals surface area (Å²) >= 11 is 1.58. The molecule has 0 spiro atoms. The summed E-state index contributed by atoms with van der Waals surface area (Å²) in [5.74, 6) is 1.28. The number of nitrogens with one attached hydrogen (secondary N) is 1. The zero-order valence-electron chi connectivity index (χ0n) is 13.2. The van der Waals surface area contributed by atoms with E-state index in [4.69, 9.17) is 4.52 Å². The third-order valence-corrected chi connectivity index (χ3v) is 4.67. The predicted molar refractivity (Wildman–Crippen MR) is 96.3 cm³/mol. The second-order valence-electron chi connectivity index (χ2n) is 5.61. The SMILES string of the molecule is CN1CCNCC1c1noc(-c2cccc(-c3cscn3)c2)n1.Cl. The van der Waals surface area contributed by atoms with Crippen molar-refractivity contribution in [2.24, 2.45) is 0 Å². The van der Waals surface area contributed by atoms with E-state index < -0.39 is 0 Å². The minimum atomic E-state index is 0. The van der Waals surface area contributed by atoms with Crippen molar-refractivity contribution < 1.29 is 4.52 Å². The van der Waals surface area contributed by atoms with Crippen LogP contribution in [0, 0.1) is 0 Å². The molecule has 0 radical (unpaired) electrons. The molecule has 2 aromatic heterocycles. The molecule has 1 aliphatic rings. The summed E-state index contributed by atoms with van der Waals surface area (Å²) in [6.45, 7) is 2.82. The standard InChI is InChI=1S/C16H17N5OS.ClH/c1-21-6-5-17-8-14(21)15-19-16(22-20-15)12-4-2-3-11(7-12)13-9-23-10-18-13;/h2-4,7,9-10,14,17H,5-6,8H2,1H3;1H. The van der Waals surface area contributed by atoms with Crippen molar-refractivity contribution in [3.63, 3.8) is 0 Å². The highest BCUT2D eigenvalue weighted by molar-refractivity contribution is 7.07. The fourth-order valence-corrected chi connectivity index (χ4v) is 3.31. The number of thiazole rings is 1. The van der Waals surface area contributed by atoms with Crippen LogP contribution in [-0.4, -0.2) is 46.7 Å². The van der Waals surface area contributed by atoms with E-state index in [9.17, 15) is 0 Å². The van der Waals surface area contributed by atoms with Crippen LogP contribution in [0.15, 0.2) is 39.7 Å². The molecule has 8 heteroatoms. The second kappa shape index (κ2) is 7.40. The summed E-state index contributed by atoms with van der Waals surface area (Å²) in [5, 5.41) is 9.58. The van der Waals surface area contributed by atoms with Crippen LogP contribution in [0.3, 0.4) is 0 Å². The van der Waals surface area contributed by atoms with Crippen molar-refractivity contribution in [2.45, 2.75) is 6.04 Å². The minimum absolute atomic E-state index is 0. The third-order valence-electron chi connectivity index (χ3n) is 4.09. The fourth-order valence-electron chi connectivity index (χ4n) is 2.75. The summed E-state index contributed by atoms with van der Waals surface area (Å²) in [4.78, 5) is 11.2. The fraction of sp³-hybridized carbons (Fsp3) is 0.312. The van der Waals surface area contributed by atoms with Crippen LogP contribution < -0.4 is 5.32 Å². The molecule has 4 rings (SSSR count). The van der Waals surface area contributed by atoms with Crippen molar-refractivity contribution in [3.05, 3.63) is 41.0 Å². The smallest absolute Gasteiger partial charge is 0.258 e. The van der Waals surface area contributed by atoms with Gasteiger partial charge in [-0.1, -0.05) is 17.3 Å². The van der Waals surface area contributed by atoms with Gasteiger partial charge in [0.2, 0.25) is 0 Å². The number of hydrogen-bond acceptors (Lipinski definition) is 7. The largest absolute Gasteiger partial charge is 0.334 e. The highest BCUT2D eigenvalue weighted by Gasteiger charge is 2.25. The van der Waals surface area contributed by atoms with Gasteiger partial charge in [0, 0.05) is 36.1 Å². The maximum Gasteiger partial charge on any atom is 0.258 e. The van der Waals surface area contributed by atoms with Crippen LogP contribution in [-0.2, 0) is 0 Å². The molecular weight excluding hydrogens is 346 g/mol. The molecule has 24 heavy (non-hydrogen) atoms. The molecule has 1 unspecified atom stereocenters. The molecule has 1 atom stereocenters. The second-order valence-corrected chi connectivity index (χ2v) is 6.33. The first kappa shape index (κ1) is 17.0. The number of benzene rings is 1. The van der Waals surface area contributed by atoms with Gasteiger partial charge >= 0.3 is 0 Å². The number of likely N-dealkylation sites (N-methyl/N-ethyl adjacent to an activating group) is 1. The molecule has 1 aliphatic heterocycles. The Bertz CT molecular complexity index is 791. The average molecular weight is 364 g/mol. The van der Waals surface area contributed by atoms with Gasteiger partial charge in [-0.05, 0) is 19.2 Å². The van der Waals surface area contributed by atoms with Crippen molar-refractivity contribution in [2.75, 3.05) is 26.7 Å². The molecule has 1 saturated heterocycles. The molecule has 0 aliphatic carbocycles. The number of nitrogens with zero attached hydrogens (tertiary/aromatic N) is 4. The molecule has 1 fully saturated rings. The van der Waals surface area contributed by atoms with Crippen LogP contribution in [0.2, 0.25) is 0 Å². The highest BCUT2D eigenvalue weighted by Crippen LogP contribution is 2.27. The molecule has 3 aromatic rings. The molecule has 1 N–H and O–H groups in total. The van der Waals surface area contributed by atoms with Crippen molar-refractivity contribution in [3.8, 4) is 22.7 Å². The summed E-state index contributed by atoms with van der Waals surface area (Å²) in [6.07, 6.45) is 0. The van der Waals surface area contributed by atoms with Gasteiger partial charge in [0.05, 0.1) is 17.2 Å². The topological polar surface area (TPSA) is 67.1 Å². The lowest BCUT2D eigenvalue weighted by atomic mass is 10.1. The lowest BCUT2D eigenvalue weighted by Crippen LogP contribution is -2.44. The highest BCUT2D eigenvalue weighted by atomic mass is 35.5. The lowest BCUT2D eigenvalue weighted by molar-refractivity contribution is 0.190. The molecule has 6 nitrogen and oxygen atoms in total. The quantitative estimate of drug-likeness (QED) is 0.771. The first-order valence-electron chi connectivity index (χ1n) is 7.55. The van der Waals surface area contributed by atoms with Crippen molar-refractivity contribution >= 4 is 23.7 Å². The van der Waals surface area contributed by atoms with E-state index in [1.54, 1.807) is 11.3 Å². The summed E-state index contributed by atoms with van der Waals surface area (Å²) in [6, 6.07) is 8.20. The van der Waals surface area contributed by atoms with E-state index in [0.29, 0.717) is 5.89 Å². The zero-order chi connectivity index (χ0) is 15.6.